The average Bonchev–Trinajstić information content (AvgIpc) is 2.30. The number of hydrogen-bond acceptors (Lipinski definition) is 3. The van der Waals surface area contributed by atoms with Crippen molar-refractivity contribution >= 4 is 5.84 Å². The number of amidine groups is 1. The first-order chi connectivity index (χ1) is 7.69. The molecule has 16 heavy (non-hydrogen) atoms. The highest BCUT2D eigenvalue weighted by Crippen LogP contribution is 2.10. The van der Waals surface area contributed by atoms with Gasteiger partial charge >= 0.3 is 0 Å². The molecule has 0 aliphatic heterocycles. The Morgan fingerprint density at radius 1 is 1.62 bits per heavy atom. The third kappa shape index (κ3) is 3.10. The molecule has 0 aromatic heterocycles. The highest BCUT2D eigenvalue weighted by atomic mass is 16.4. The Bertz CT molecular complexity index is 399. The second-order valence-electron chi connectivity index (χ2n) is 3.55. The highest BCUT2D eigenvalue weighted by Gasteiger charge is 2.02. The molecule has 0 aliphatic carbocycles. The van der Waals surface area contributed by atoms with Crippen molar-refractivity contribution in [2.24, 2.45) is 10.9 Å². The Morgan fingerprint density at radius 2 is 2.38 bits per heavy atom. The Balaban J connectivity index is 2.79. The minimum Gasteiger partial charge on any atom is -0.409 e. The SMILES string of the molecule is C=CCNCc1ccc(/C(N)=N/O)cc1C. The first kappa shape index (κ1) is 12.3. The number of aryl methyl sites for hydroxylation is 1. The predicted molar refractivity (Wildman–Crippen MR) is 65.6 cm³/mol. The molecule has 0 fully saturated rings. The molecule has 0 saturated heterocycles. The lowest BCUT2D eigenvalue weighted by molar-refractivity contribution is 0.318. The molecule has 0 spiro atoms. The molecule has 0 amide bonds. The van der Waals surface area contributed by atoms with Crippen LogP contribution in [0.25, 0.3) is 0 Å². The quantitative estimate of drug-likeness (QED) is 0.175. The minimum atomic E-state index is 0.133. The van der Waals surface area contributed by atoms with E-state index in [-0.39, 0.29) is 5.84 Å². The molecular weight excluding hydrogens is 202 g/mol. The number of oxime groups is 1. The molecule has 0 heterocycles. The molecule has 1 rings (SSSR count). The zero-order valence-corrected chi connectivity index (χ0v) is 9.40. The molecule has 0 atom stereocenters. The van der Waals surface area contributed by atoms with E-state index in [1.807, 2.05) is 31.2 Å². The molecule has 0 radical (unpaired) electrons. The number of nitrogens with one attached hydrogen (secondary N) is 1. The van der Waals surface area contributed by atoms with Crippen molar-refractivity contribution in [3.8, 4) is 0 Å². The van der Waals surface area contributed by atoms with Gasteiger partial charge < -0.3 is 16.3 Å². The van der Waals surface area contributed by atoms with Gasteiger partial charge in [-0.05, 0) is 24.1 Å². The molecule has 4 heteroatoms. The van der Waals surface area contributed by atoms with Gasteiger partial charge in [0.05, 0.1) is 0 Å². The largest absolute Gasteiger partial charge is 0.409 e. The van der Waals surface area contributed by atoms with Gasteiger partial charge in [-0.3, -0.25) is 0 Å². The van der Waals surface area contributed by atoms with Gasteiger partial charge in [-0.1, -0.05) is 23.4 Å². The summed E-state index contributed by atoms with van der Waals surface area (Å²) in [7, 11) is 0. The zero-order valence-electron chi connectivity index (χ0n) is 9.40. The summed E-state index contributed by atoms with van der Waals surface area (Å²) in [6.07, 6.45) is 1.82. The fraction of sp³-hybridized carbons (Fsp3) is 0.250. The maximum Gasteiger partial charge on any atom is 0.170 e. The molecular formula is C12H17N3O. The Hall–Kier alpha value is -1.81. The van der Waals surface area contributed by atoms with Gasteiger partial charge in [0.15, 0.2) is 5.84 Å². The maximum absolute atomic E-state index is 8.56. The van der Waals surface area contributed by atoms with Crippen molar-refractivity contribution in [3.63, 3.8) is 0 Å². The van der Waals surface area contributed by atoms with E-state index in [0.717, 1.165) is 24.2 Å². The number of nitrogens with two attached hydrogens (primary N) is 1. The standard InChI is InChI=1S/C12H17N3O/c1-3-6-14-8-11-5-4-10(7-9(11)2)12(13)15-16/h3-5,7,14,16H,1,6,8H2,2H3,(H2,13,15). The van der Waals surface area contributed by atoms with Gasteiger partial charge in [-0.2, -0.15) is 0 Å². The van der Waals surface area contributed by atoms with Gasteiger partial charge in [-0.25, -0.2) is 0 Å². The van der Waals surface area contributed by atoms with E-state index in [1.165, 1.54) is 5.56 Å². The van der Waals surface area contributed by atoms with Crippen LogP contribution >= 0.6 is 0 Å². The lowest BCUT2D eigenvalue weighted by atomic mass is 10.0. The first-order valence-corrected chi connectivity index (χ1v) is 5.08. The Labute approximate surface area is 95.5 Å². The van der Waals surface area contributed by atoms with Crippen LogP contribution in [-0.4, -0.2) is 17.6 Å². The van der Waals surface area contributed by atoms with Crippen LogP contribution in [0.2, 0.25) is 0 Å². The summed E-state index contributed by atoms with van der Waals surface area (Å²) < 4.78 is 0. The van der Waals surface area contributed by atoms with Crippen molar-refractivity contribution in [2.75, 3.05) is 6.54 Å². The van der Waals surface area contributed by atoms with E-state index in [0.29, 0.717) is 0 Å². The molecule has 0 unspecified atom stereocenters. The van der Waals surface area contributed by atoms with Crippen LogP contribution in [0.4, 0.5) is 0 Å². The predicted octanol–water partition coefficient (Wildman–Crippen LogP) is 1.37. The summed E-state index contributed by atoms with van der Waals surface area (Å²) in [6, 6.07) is 5.71. The van der Waals surface area contributed by atoms with Crippen LogP contribution in [0.5, 0.6) is 0 Å². The fourth-order valence-corrected chi connectivity index (χ4v) is 1.42. The Kier molecular flexibility index (Phi) is 4.54. The molecule has 0 saturated carbocycles. The Morgan fingerprint density at radius 3 is 2.94 bits per heavy atom. The molecule has 1 aromatic rings. The van der Waals surface area contributed by atoms with E-state index in [4.69, 9.17) is 10.9 Å². The maximum atomic E-state index is 8.56. The number of rotatable bonds is 5. The molecule has 0 bridgehead atoms. The monoisotopic (exact) mass is 219 g/mol. The summed E-state index contributed by atoms with van der Waals surface area (Å²) >= 11 is 0. The molecule has 4 nitrogen and oxygen atoms in total. The summed E-state index contributed by atoms with van der Waals surface area (Å²) in [5.41, 5.74) is 8.54. The van der Waals surface area contributed by atoms with E-state index in [9.17, 15) is 0 Å². The van der Waals surface area contributed by atoms with E-state index in [2.05, 4.69) is 17.1 Å². The topological polar surface area (TPSA) is 70.6 Å². The van der Waals surface area contributed by atoms with Gasteiger partial charge in [-0.15, -0.1) is 6.58 Å². The van der Waals surface area contributed by atoms with Gasteiger partial charge in [0.25, 0.3) is 0 Å². The van der Waals surface area contributed by atoms with Crippen molar-refractivity contribution in [1.82, 2.24) is 5.32 Å². The minimum absolute atomic E-state index is 0.133. The van der Waals surface area contributed by atoms with Crippen molar-refractivity contribution in [2.45, 2.75) is 13.5 Å². The van der Waals surface area contributed by atoms with Gasteiger partial charge in [0.2, 0.25) is 0 Å². The van der Waals surface area contributed by atoms with Gasteiger partial charge in [0, 0.05) is 18.7 Å². The van der Waals surface area contributed by atoms with Gasteiger partial charge in [0.1, 0.15) is 0 Å². The second kappa shape index (κ2) is 5.92. The normalized spacial score (nSPS) is 11.4. The number of hydrogen-bond donors (Lipinski definition) is 3. The van der Waals surface area contributed by atoms with E-state index < -0.39 is 0 Å². The van der Waals surface area contributed by atoms with E-state index >= 15 is 0 Å². The summed E-state index contributed by atoms with van der Waals surface area (Å²) in [5, 5.41) is 14.8. The third-order valence-electron chi connectivity index (χ3n) is 2.35. The highest BCUT2D eigenvalue weighted by molar-refractivity contribution is 5.97. The van der Waals surface area contributed by atoms with Crippen LogP contribution in [0.15, 0.2) is 36.0 Å². The second-order valence-corrected chi connectivity index (χ2v) is 3.55. The number of benzene rings is 1. The molecule has 4 N–H and O–H groups in total. The van der Waals surface area contributed by atoms with Crippen molar-refractivity contribution in [3.05, 3.63) is 47.5 Å². The average molecular weight is 219 g/mol. The smallest absolute Gasteiger partial charge is 0.170 e. The van der Waals surface area contributed by atoms with Crippen LogP contribution in [-0.2, 0) is 6.54 Å². The van der Waals surface area contributed by atoms with E-state index in [1.54, 1.807) is 0 Å². The molecule has 86 valence electrons. The van der Waals surface area contributed by atoms with Crippen LogP contribution in [0.1, 0.15) is 16.7 Å². The van der Waals surface area contributed by atoms with Crippen molar-refractivity contribution in [1.29, 1.82) is 0 Å². The first-order valence-electron chi connectivity index (χ1n) is 5.08. The third-order valence-corrected chi connectivity index (χ3v) is 2.35. The van der Waals surface area contributed by atoms with Crippen LogP contribution in [0, 0.1) is 6.92 Å². The van der Waals surface area contributed by atoms with Crippen LogP contribution in [0.3, 0.4) is 0 Å². The lowest BCUT2D eigenvalue weighted by Gasteiger charge is -2.08. The fourth-order valence-electron chi connectivity index (χ4n) is 1.42. The summed E-state index contributed by atoms with van der Waals surface area (Å²) in [6.45, 7) is 7.20. The van der Waals surface area contributed by atoms with Crippen LogP contribution < -0.4 is 11.1 Å². The zero-order chi connectivity index (χ0) is 12.0. The molecule has 1 aromatic carbocycles. The number of nitrogens with zero attached hydrogens (tertiary/aromatic N) is 1. The lowest BCUT2D eigenvalue weighted by Crippen LogP contribution is -2.16. The summed E-state index contributed by atoms with van der Waals surface area (Å²) in [5.74, 6) is 0.133. The summed E-state index contributed by atoms with van der Waals surface area (Å²) in [4.78, 5) is 0. The molecule has 0 aliphatic rings. The van der Waals surface area contributed by atoms with Crippen molar-refractivity contribution < 1.29 is 5.21 Å².